The Bertz CT molecular complexity index is 520. The maximum Gasteiger partial charge on any atom is 0.0890 e. The van der Waals surface area contributed by atoms with Crippen LogP contribution in [0.2, 0.25) is 0 Å². The van der Waals surface area contributed by atoms with E-state index in [1.807, 2.05) is 30.5 Å². The van der Waals surface area contributed by atoms with Gasteiger partial charge in [-0.3, -0.25) is 4.98 Å². The number of pyridine rings is 1. The molecule has 23 heavy (non-hydrogen) atoms. The summed E-state index contributed by atoms with van der Waals surface area (Å²) in [7, 11) is 2.11. The molecule has 0 saturated carbocycles. The van der Waals surface area contributed by atoms with Crippen molar-refractivity contribution in [2.75, 3.05) is 20.3 Å². The second kappa shape index (κ2) is 10.9. The lowest BCUT2D eigenvalue weighted by Crippen LogP contribution is -2.23. The van der Waals surface area contributed by atoms with Gasteiger partial charge in [0, 0.05) is 37.6 Å². The summed E-state index contributed by atoms with van der Waals surface area (Å²) >= 11 is 0. The van der Waals surface area contributed by atoms with Gasteiger partial charge >= 0.3 is 0 Å². The van der Waals surface area contributed by atoms with Gasteiger partial charge in [0.2, 0.25) is 0 Å². The molecule has 0 bridgehead atoms. The van der Waals surface area contributed by atoms with Gasteiger partial charge in [0.05, 0.1) is 12.2 Å². The van der Waals surface area contributed by atoms with Gasteiger partial charge in [-0.1, -0.05) is 50.5 Å². The van der Waals surface area contributed by atoms with Crippen molar-refractivity contribution < 1.29 is 0 Å². The van der Waals surface area contributed by atoms with E-state index in [4.69, 9.17) is 0 Å². The molecule has 0 atom stereocenters. The molecule has 0 N–H and O–H groups in total. The molecule has 2 aromatic rings. The lowest BCUT2D eigenvalue weighted by molar-refractivity contribution is 0.291. The van der Waals surface area contributed by atoms with Crippen molar-refractivity contribution in [3.8, 4) is 0 Å². The molecule has 1 aliphatic heterocycles. The number of fused-ring (bicyclic) bond motifs is 1. The normalized spacial score (nSPS) is 12.8. The fourth-order valence-corrected chi connectivity index (χ4v) is 2.49. The number of nitrogens with zero attached hydrogens (tertiary/aromatic N) is 3. The Hall–Kier alpha value is -1.74. The molecule has 0 spiro atoms. The van der Waals surface area contributed by atoms with Crippen LogP contribution in [0.4, 0.5) is 0 Å². The summed E-state index contributed by atoms with van der Waals surface area (Å²) in [6.07, 6.45) is 11.6. The number of aromatic nitrogens is 1. The molecule has 3 rings (SSSR count). The smallest absolute Gasteiger partial charge is 0.0890 e. The molecule has 3 nitrogen and oxygen atoms in total. The van der Waals surface area contributed by atoms with Gasteiger partial charge in [-0.15, -0.1) is 12.4 Å². The van der Waals surface area contributed by atoms with Crippen molar-refractivity contribution in [2.24, 2.45) is 0 Å². The van der Waals surface area contributed by atoms with E-state index in [1.54, 1.807) is 0 Å². The highest BCUT2D eigenvalue weighted by molar-refractivity contribution is 5.85. The summed E-state index contributed by atoms with van der Waals surface area (Å²) in [6.45, 7) is 4.55. The third-order valence-electron chi connectivity index (χ3n) is 3.75. The lowest BCUT2D eigenvalue weighted by atomic mass is 10.2. The lowest BCUT2D eigenvalue weighted by Gasteiger charge is -2.17. The Balaban J connectivity index is 0.000000223. The summed E-state index contributed by atoms with van der Waals surface area (Å²) in [4.78, 5) is 8.76. The summed E-state index contributed by atoms with van der Waals surface area (Å²) < 4.78 is 0. The molecule has 0 amide bonds. The maximum atomic E-state index is 4.18. The van der Waals surface area contributed by atoms with Gasteiger partial charge in [-0.05, 0) is 18.6 Å². The van der Waals surface area contributed by atoms with E-state index in [9.17, 15) is 0 Å². The standard InChI is InChI=1S/C10H20N2.C9H7N.ClH/c1-3-4-5-6-7-12-9-8-11(2)10-12;1-2-6-9-8(4-1)5-3-7-10-9;/h8-9H,3-7,10H2,1-2H3;1-7H;1H. The molecule has 0 fully saturated rings. The Labute approximate surface area is 146 Å². The van der Waals surface area contributed by atoms with Crippen molar-refractivity contribution in [3.05, 3.63) is 55.0 Å². The zero-order valence-corrected chi connectivity index (χ0v) is 15.0. The number of benzene rings is 1. The molecular weight excluding hydrogens is 306 g/mol. The van der Waals surface area contributed by atoms with Crippen LogP contribution in [0.15, 0.2) is 55.0 Å². The van der Waals surface area contributed by atoms with Crippen molar-refractivity contribution in [1.82, 2.24) is 14.8 Å². The van der Waals surface area contributed by atoms with Crippen molar-refractivity contribution in [1.29, 1.82) is 0 Å². The second-order valence-electron chi connectivity index (χ2n) is 5.77. The van der Waals surface area contributed by atoms with E-state index < -0.39 is 0 Å². The highest BCUT2D eigenvalue weighted by Crippen LogP contribution is 2.08. The minimum atomic E-state index is 0. The van der Waals surface area contributed by atoms with E-state index in [0.29, 0.717) is 0 Å². The van der Waals surface area contributed by atoms with Crippen LogP contribution in [-0.2, 0) is 0 Å². The summed E-state index contributed by atoms with van der Waals surface area (Å²) in [5.74, 6) is 0. The average Bonchev–Trinajstić information content (AvgIpc) is 2.98. The third kappa shape index (κ3) is 6.91. The van der Waals surface area contributed by atoms with Crippen LogP contribution in [0.1, 0.15) is 32.6 Å². The molecular formula is C19H28ClN3. The van der Waals surface area contributed by atoms with Gasteiger partial charge in [-0.25, -0.2) is 0 Å². The number of para-hydroxylation sites is 1. The van der Waals surface area contributed by atoms with Crippen LogP contribution in [0.5, 0.6) is 0 Å². The number of hydrogen-bond acceptors (Lipinski definition) is 3. The summed E-state index contributed by atoms with van der Waals surface area (Å²) in [6, 6.07) is 12.1. The Morgan fingerprint density at radius 2 is 1.78 bits per heavy atom. The fraction of sp³-hybridized carbons (Fsp3) is 0.421. The minimum absolute atomic E-state index is 0. The van der Waals surface area contributed by atoms with Crippen LogP contribution >= 0.6 is 12.4 Å². The predicted octanol–water partition coefficient (Wildman–Crippen LogP) is 4.90. The van der Waals surface area contributed by atoms with Crippen LogP contribution in [0.3, 0.4) is 0 Å². The Morgan fingerprint density at radius 1 is 1.00 bits per heavy atom. The second-order valence-corrected chi connectivity index (χ2v) is 5.77. The zero-order valence-electron chi connectivity index (χ0n) is 14.2. The zero-order chi connectivity index (χ0) is 15.6. The van der Waals surface area contributed by atoms with Gasteiger partial charge in [0.1, 0.15) is 0 Å². The third-order valence-corrected chi connectivity index (χ3v) is 3.75. The van der Waals surface area contributed by atoms with Crippen molar-refractivity contribution in [2.45, 2.75) is 32.6 Å². The maximum absolute atomic E-state index is 4.18. The van der Waals surface area contributed by atoms with Gasteiger partial charge in [-0.2, -0.15) is 0 Å². The molecule has 1 aliphatic rings. The predicted molar refractivity (Wildman–Crippen MR) is 102 cm³/mol. The van der Waals surface area contributed by atoms with Crippen LogP contribution in [0, 0.1) is 0 Å². The molecule has 0 unspecified atom stereocenters. The number of rotatable bonds is 5. The van der Waals surface area contributed by atoms with Gasteiger partial charge in [0.15, 0.2) is 0 Å². The highest BCUT2D eigenvalue weighted by atomic mass is 35.5. The minimum Gasteiger partial charge on any atom is -0.362 e. The number of hydrogen-bond donors (Lipinski definition) is 0. The van der Waals surface area contributed by atoms with Crippen molar-refractivity contribution in [3.63, 3.8) is 0 Å². The Kier molecular flexibility index (Phi) is 9.15. The molecule has 1 aromatic carbocycles. The molecule has 126 valence electrons. The van der Waals surface area contributed by atoms with Crippen LogP contribution in [0.25, 0.3) is 10.9 Å². The molecule has 0 saturated heterocycles. The van der Waals surface area contributed by atoms with Crippen molar-refractivity contribution >= 4 is 23.3 Å². The monoisotopic (exact) mass is 333 g/mol. The molecule has 1 aromatic heterocycles. The van der Waals surface area contributed by atoms with E-state index in [1.165, 1.54) is 37.6 Å². The first-order valence-electron chi connectivity index (χ1n) is 8.22. The largest absolute Gasteiger partial charge is 0.362 e. The first kappa shape index (κ1) is 19.3. The van der Waals surface area contributed by atoms with E-state index in [-0.39, 0.29) is 12.4 Å². The molecule has 0 aliphatic carbocycles. The fourth-order valence-electron chi connectivity index (χ4n) is 2.49. The van der Waals surface area contributed by atoms with Crippen LogP contribution < -0.4 is 0 Å². The average molecular weight is 334 g/mol. The van der Waals surface area contributed by atoms with E-state index in [2.05, 4.69) is 53.3 Å². The number of unbranched alkanes of at least 4 members (excludes halogenated alkanes) is 3. The van der Waals surface area contributed by atoms with E-state index in [0.717, 1.165) is 12.2 Å². The first-order chi connectivity index (χ1) is 10.8. The van der Waals surface area contributed by atoms with Crippen LogP contribution in [-0.4, -0.2) is 35.0 Å². The molecule has 4 heteroatoms. The topological polar surface area (TPSA) is 19.4 Å². The highest BCUT2D eigenvalue weighted by Gasteiger charge is 2.06. The Morgan fingerprint density at radius 3 is 2.48 bits per heavy atom. The van der Waals surface area contributed by atoms with E-state index >= 15 is 0 Å². The van der Waals surface area contributed by atoms with Gasteiger partial charge in [0.25, 0.3) is 0 Å². The summed E-state index contributed by atoms with van der Waals surface area (Å²) in [5.41, 5.74) is 1.06. The quantitative estimate of drug-likeness (QED) is 0.725. The molecule has 0 radical (unpaired) electrons. The summed E-state index contributed by atoms with van der Waals surface area (Å²) in [5, 5.41) is 1.20. The van der Waals surface area contributed by atoms with Gasteiger partial charge < -0.3 is 9.80 Å². The SMILES string of the molecule is CCCCCCN1C=CN(C)C1.Cl.c1ccc2ncccc2c1. The molecule has 2 heterocycles. The number of halogens is 1. The first-order valence-corrected chi connectivity index (χ1v) is 8.22.